The Balaban J connectivity index is 0.00000225. The van der Waals surface area contributed by atoms with Crippen LogP contribution >= 0.6 is 12.4 Å². The molecular formula is C10H21ClF2N2O. The van der Waals surface area contributed by atoms with Gasteiger partial charge in [-0.3, -0.25) is 4.90 Å². The monoisotopic (exact) mass is 258 g/mol. The standard InChI is InChI=1S/C10H20F2N2O.ClH/c1-8-9(2)14(4-3-13-8)5-6-15-7-10(11)12;/h8-10,13H,3-7H2,1-2H3;1H. The quantitative estimate of drug-likeness (QED) is 0.754. The number of piperazine rings is 1. The molecule has 0 aromatic heterocycles. The number of hydrogen-bond acceptors (Lipinski definition) is 3. The molecule has 6 heteroatoms. The van der Waals surface area contributed by atoms with Gasteiger partial charge in [-0.2, -0.15) is 0 Å². The van der Waals surface area contributed by atoms with Gasteiger partial charge in [0.25, 0.3) is 6.43 Å². The van der Waals surface area contributed by atoms with Crippen molar-refractivity contribution >= 4 is 12.4 Å². The van der Waals surface area contributed by atoms with E-state index in [2.05, 4.69) is 24.1 Å². The molecule has 0 amide bonds. The molecule has 16 heavy (non-hydrogen) atoms. The van der Waals surface area contributed by atoms with Crippen LogP contribution in [0.3, 0.4) is 0 Å². The van der Waals surface area contributed by atoms with Crippen LogP contribution in [0.15, 0.2) is 0 Å². The fourth-order valence-electron chi connectivity index (χ4n) is 1.80. The Morgan fingerprint density at radius 3 is 2.75 bits per heavy atom. The van der Waals surface area contributed by atoms with E-state index in [-0.39, 0.29) is 12.4 Å². The van der Waals surface area contributed by atoms with Crippen molar-refractivity contribution < 1.29 is 13.5 Å². The minimum absolute atomic E-state index is 0. The summed E-state index contributed by atoms with van der Waals surface area (Å²) in [4.78, 5) is 2.27. The Hall–Kier alpha value is 0.0300. The minimum atomic E-state index is -2.36. The molecule has 2 unspecified atom stereocenters. The number of ether oxygens (including phenoxy) is 1. The molecule has 0 aromatic carbocycles. The molecule has 98 valence electrons. The first-order valence-corrected chi connectivity index (χ1v) is 5.44. The molecule has 1 rings (SSSR count). The number of nitrogens with zero attached hydrogens (tertiary/aromatic N) is 1. The van der Waals surface area contributed by atoms with Crippen molar-refractivity contribution in [1.82, 2.24) is 10.2 Å². The number of nitrogens with one attached hydrogen (secondary N) is 1. The Morgan fingerprint density at radius 1 is 1.44 bits per heavy atom. The summed E-state index contributed by atoms with van der Waals surface area (Å²) in [5.74, 6) is 0. The Kier molecular flexibility index (Phi) is 8.18. The van der Waals surface area contributed by atoms with E-state index < -0.39 is 13.0 Å². The van der Waals surface area contributed by atoms with Crippen molar-refractivity contribution in [2.75, 3.05) is 32.8 Å². The molecule has 3 nitrogen and oxygen atoms in total. The summed E-state index contributed by atoms with van der Waals surface area (Å²) in [5.41, 5.74) is 0. The van der Waals surface area contributed by atoms with Crippen molar-refractivity contribution in [2.45, 2.75) is 32.4 Å². The highest BCUT2D eigenvalue weighted by molar-refractivity contribution is 5.85. The first kappa shape index (κ1) is 16.0. The zero-order valence-corrected chi connectivity index (χ0v) is 10.6. The van der Waals surface area contributed by atoms with Gasteiger partial charge < -0.3 is 10.1 Å². The van der Waals surface area contributed by atoms with Crippen LogP contribution in [0.4, 0.5) is 8.78 Å². The molecule has 0 saturated carbocycles. The van der Waals surface area contributed by atoms with Gasteiger partial charge in [-0.25, -0.2) is 8.78 Å². The number of hydrogen-bond donors (Lipinski definition) is 1. The van der Waals surface area contributed by atoms with E-state index in [0.29, 0.717) is 18.7 Å². The summed E-state index contributed by atoms with van der Waals surface area (Å²) in [6, 6.07) is 0.891. The van der Waals surface area contributed by atoms with E-state index in [0.717, 1.165) is 19.6 Å². The third-order valence-electron chi connectivity index (χ3n) is 2.93. The van der Waals surface area contributed by atoms with Crippen LogP contribution in [-0.4, -0.2) is 56.3 Å². The Morgan fingerprint density at radius 2 is 2.12 bits per heavy atom. The van der Waals surface area contributed by atoms with Crippen molar-refractivity contribution in [3.8, 4) is 0 Å². The van der Waals surface area contributed by atoms with Crippen molar-refractivity contribution in [1.29, 1.82) is 0 Å². The number of halogens is 3. The summed E-state index contributed by atoms with van der Waals surface area (Å²) < 4.78 is 28.5. The summed E-state index contributed by atoms with van der Waals surface area (Å²) in [6.07, 6.45) is -2.36. The van der Waals surface area contributed by atoms with Crippen LogP contribution in [-0.2, 0) is 4.74 Å². The molecule has 1 aliphatic rings. The molecule has 0 radical (unpaired) electrons. The summed E-state index contributed by atoms with van der Waals surface area (Å²) >= 11 is 0. The smallest absolute Gasteiger partial charge is 0.261 e. The lowest BCUT2D eigenvalue weighted by atomic mass is 10.1. The fourth-order valence-corrected chi connectivity index (χ4v) is 1.80. The zero-order chi connectivity index (χ0) is 11.3. The van der Waals surface area contributed by atoms with Crippen molar-refractivity contribution in [3.63, 3.8) is 0 Å². The molecular weight excluding hydrogens is 238 g/mol. The van der Waals surface area contributed by atoms with Crippen LogP contribution in [0.5, 0.6) is 0 Å². The maximum Gasteiger partial charge on any atom is 0.261 e. The van der Waals surface area contributed by atoms with E-state index in [4.69, 9.17) is 4.74 Å². The molecule has 1 heterocycles. The molecule has 2 atom stereocenters. The number of alkyl halides is 2. The molecule has 0 aromatic rings. The molecule has 1 aliphatic heterocycles. The molecule has 0 spiro atoms. The van der Waals surface area contributed by atoms with E-state index in [1.165, 1.54) is 0 Å². The second-order valence-corrected chi connectivity index (χ2v) is 3.99. The summed E-state index contributed by atoms with van der Waals surface area (Å²) in [5, 5.41) is 3.37. The highest BCUT2D eigenvalue weighted by atomic mass is 35.5. The predicted octanol–water partition coefficient (Wildman–Crippen LogP) is 1.37. The minimum Gasteiger partial charge on any atom is -0.374 e. The Labute approximate surface area is 102 Å². The second-order valence-electron chi connectivity index (χ2n) is 3.99. The van der Waals surface area contributed by atoms with Gasteiger partial charge in [0.1, 0.15) is 6.61 Å². The van der Waals surface area contributed by atoms with Crippen LogP contribution in [0.1, 0.15) is 13.8 Å². The highest BCUT2D eigenvalue weighted by Gasteiger charge is 2.23. The first-order chi connectivity index (χ1) is 7.11. The SMILES string of the molecule is CC1NCCN(CCOCC(F)F)C1C.Cl. The third-order valence-corrected chi connectivity index (χ3v) is 2.93. The second kappa shape index (κ2) is 8.17. The van der Waals surface area contributed by atoms with Gasteiger partial charge in [0.2, 0.25) is 0 Å². The molecule has 1 N–H and O–H groups in total. The number of rotatable bonds is 5. The van der Waals surface area contributed by atoms with Gasteiger partial charge in [-0.15, -0.1) is 12.4 Å². The summed E-state index contributed by atoms with van der Waals surface area (Å²) in [7, 11) is 0. The van der Waals surface area contributed by atoms with Gasteiger partial charge in [-0.1, -0.05) is 0 Å². The molecule has 1 saturated heterocycles. The topological polar surface area (TPSA) is 24.5 Å². The predicted molar refractivity (Wildman–Crippen MR) is 62.6 cm³/mol. The molecule has 0 bridgehead atoms. The van der Waals surface area contributed by atoms with E-state index in [1.807, 2.05) is 0 Å². The maximum absolute atomic E-state index is 11.8. The van der Waals surface area contributed by atoms with Crippen molar-refractivity contribution in [3.05, 3.63) is 0 Å². The average Bonchev–Trinajstić information content (AvgIpc) is 2.18. The van der Waals surface area contributed by atoms with Crippen LogP contribution in [0.2, 0.25) is 0 Å². The lowest BCUT2D eigenvalue weighted by Crippen LogP contribution is -2.55. The Bertz CT molecular complexity index is 186. The van der Waals surface area contributed by atoms with Crippen LogP contribution in [0.25, 0.3) is 0 Å². The van der Waals surface area contributed by atoms with E-state index in [1.54, 1.807) is 0 Å². The average molecular weight is 259 g/mol. The molecule has 1 fully saturated rings. The van der Waals surface area contributed by atoms with Crippen molar-refractivity contribution in [2.24, 2.45) is 0 Å². The lowest BCUT2D eigenvalue weighted by molar-refractivity contribution is 0.00237. The van der Waals surface area contributed by atoms with Gasteiger partial charge in [0.05, 0.1) is 6.61 Å². The zero-order valence-electron chi connectivity index (χ0n) is 9.79. The summed E-state index contributed by atoms with van der Waals surface area (Å²) in [6.45, 7) is 6.88. The lowest BCUT2D eigenvalue weighted by Gasteiger charge is -2.38. The third kappa shape index (κ3) is 5.39. The normalized spacial score (nSPS) is 26.8. The largest absolute Gasteiger partial charge is 0.374 e. The highest BCUT2D eigenvalue weighted by Crippen LogP contribution is 2.08. The molecule has 0 aliphatic carbocycles. The van der Waals surface area contributed by atoms with E-state index in [9.17, 15) is 8.78 Å². The maximum atomic E-state index is 11.8. The van der Waals surface area contributed by atoms with Gasteiger partial charge in [-0.05, 0) is 13.8 Å². The van der Waals surface area contributed by atoms with Crippen LogP contribution in [0, 0.1) is 0 Å². The van der Waals surface area contributed by atoms with E-state index >= 15 is 0 Å². The van der Waals surface area contributed by atoms with Gasteiger partial charge >= 0.3 is 0 Å². The first-order valence-electron chi connectivity index (χ1n) is 5.44. The van der Waals surface area contributed by atoms with Gasteiger partial charge in [0.15, 0.2) is 0 Å². The van der Waals surface area contributed by atoms with Gasteiger partial charge in [0, 0.05) is 31.7 Å². The van der Waals surface area contributed by atoms with Crippen LogP contribution < -0.4 is 5.32 Å². The fraction of sp³-hybridized carbons (Fsp3) is 1.00.